The molecule has 0 aliphatic carbocycles. The van der Waals surface area contributed by atoms with Crippen molar-refractivity contribution in [2.45, 2.75) is 46.3 Å². The molecule has 0 unspecified atom stereocenters. The first-order valence-electron chi connectivity index (χ1n) is 9.58. The summed E-state index contributed by atoms with van der Waals surface area (Å²) in [5.41, 5.74) is 3.83. The highest BCUT2D eigenvalue weighted by Crippen LogP contribution is 2.25. The lowest BCUT2D eigenvalue weighted by Crippen LogP contribution is -2.39. The van der Waals surface area contributed by atoms with Crippen LogP contribution in [0.1, 0.15) is 47.8 Å². The summed E-state index contributed by atoms with van der Waals surface area (Å²) in [5, 5.41) is 3.26. The fraction of sp³-hybridized carbons (Fsp3) is 0.409. The molecule has 0 saturated heterocycles. The molecule has 29 heavy (non-hydrogen) atoms. The highest BCUT2D eigenvalue weighted by atomic mass is 16.6. The zero-order valence-electron chi connectivity index (χ0n) is 17.5. The number of anilines is 2. The van der Waals surface area contributed by atoms with Crippen LogP contribution in [0.15, 0.2) is 30.5 Å². The van der Waals surface area contributed by atoms with Crippen molar-refractivity contribution in [3.05, 3.63) is 52.7 Å². The third-order valence-corrected chi connectivity index (χ3v) is 4.65. The summed E-state index contributed by atoms with van der Waals surface area (Å²) in [6.07, 6.45) is 2.29. The Kier molecular flexibility index (Phi) is 5.77. The average Bonchev–Trinajstić information content (AvgIpc) is 2.65. The number of amides is 1. The number of hydrogen-bond acceptors (Lipinski definition) is 6. The van der Waals surface area contributed by atoms with E-state index in [-0.39, 0.29) is 12.1 Å². The molecule has 0 spiro atoms. The zero-order valence-corrected chi connectivity index (χ0v) is 17.5. The van der Waals surface area contributed by atoms with Crippen LogP contribution in [-0.4, -0.2) is 41.2 Å². The minimum Gasteiger partial charge on any atom is -0.465 e. The second-order valence-corrected chi connectivity index (χ2v) is 8.14. The first-order chi connectivity index (χ1) is 13.7. The van der Waals surface area contributed by atoms with Gasteiger partial charge in [-0.1, -0.05) is 0 Å². The molecule has 1 aromatic heterocycles. The van der Waals surface area contributed by atoms with E-state index in [1.807, 2.05) is 52.1 Å². The number of aromatic nitrogens is 1. The van der Waals surface area contributed by atoms with Crippen LogP contribution in [0.25, 0.3) is 0 Å². The zero-order chi connectivity index (χ0) is 21.2. The number of rotatable bonds is 3. The van der Waals surface area contributed by atoms with Gasteiger partial charge in [0.1, 0.15) is 11.4 Å². The van der Waals surface area contributed by atoms with Crippen LogP contribution >= 0.6 is 0 Å². The van der Waals surface area contributed by atoms with Crippen molar-refractivity contribution in [3.8, 4) is 0 Å². The highest BCUT2D eigenvalue weighted by Gasteiger charge is 2.26. The molecule has 1 aliphatic rings. The van der Waals surface area contributed by atoms with Gasteiger partial charge in [0, 0.05) is 25.0 Å². The van der Waals surface area contributed by atoms with Crippen molar-refractivity contribution < 1.29 is 19.1 Å². The molecule has 0 bridgehead atoms. The standard InChI is InChI=1S/C22H27N3O4/c1-14-10-17(6-7-18(14)20(26)28-5)24-19-11-16-13-25(9-8-15(16)12-23-19)21(27)29-22(2,3)4/h6-7,10-12H,8-9,13H2,1-5H3,(H,23,24). The van der Waals surface area contributed by atoms with E-state index in [0.29, 0.717) is 24.5 Å². The number of pyridine rings is 1. The summed E-state index contributed by atoms with van der Waals surface area (Å²) in [6.45, 7) is 8.55. The molecule has 7 nitrogen and oxygen atoms in total. The van der Waals surface area contributed by atoms with Crippen LogP contribution in [0.4, 0.5) is 16.3 Å². The van der Waals surface area contributed by atoms with Crippen LogP contribution in [0, 0.1) is 6.92 Å². The molecule has 0 radical (unpaired) electrons. The van der Waals surface area contributed by atoms with Gasteiger partial charge in [0.15, 0.2) is 0 Å². The molecule has 0 fully saturated rings. The molecule has 2 heterocycles. The third-order valence-electron chi connectivity index (χ3n) is 4.65. The van der Waals surface area contributed by atoms with Crippen LogP contribution in [0.5, 0.6) is 0 Å². The Morgan fingerprint density at radius 3 is 2.59 bits per heavy atom. The van der Waals surface area contributed by atoms with Crippen molar-refractivity contribution >= 4 is 23.6 Å². The minimum absolute atomic E-state index is 0.302. The summed E-state index contributed by atoms with van der Waals surface area (Å²) in [5.74, 6) is 0.322. The fourth-order valence-corrected chi connectivity index (χ4v) is 3.22. The Bertz CT molecular complexity index is 934. The van der Waals surface area contributed by atoms with Crippen LogP contribution in [0.3, 0.4) is 0 Å². The summed E-state index contributed by atoms with van der Waals surface area (Å²) >= 11 is 0. The number of hydrogen-bond donors (Lipinski definition) is 1. The number of ether oxygens (including phenoxy) is 2. The second-order valence-electron chi connectivity index (χ2n) is 8.14. The number of carbonyl (C=O) groups excluding carboxylic acids is 2. The van der Waals surface area contributed by atoms with Crippen molar-refractivity contribution in [2.75, 3.05) is 19.0 Å². The summed E-state index contributed by atoms with van der Waals surface area (Å²) in [6, 6.07) is 7.37. The molecule has 3 rings (SSSR count). The first-order valence-corrected chi connectivity index (χ1v) is 9.58. The lowest BCUT2D eigenvalue weighted by Gasteiger charge is -2.31. The maximum atomic E-state index is 12.4. The predicted octanol–water partition coefficient (Wildman–Crippen LogP) is 4.21. The van der Waals surface area contributed by atoms with E-state index in [0.717, 1.165) is 28.8 Å². The normalized spacial score (nSPS) is 13.5. The molecular weight excluding hydrogens is 370 g/mol. The number of benzene rings is 1. The van der Waals surface area contributed by atoms with Gasteiger partial charge in [-0.3, -0.25) is 0 Å². The number of carbonyl (C=O) groups is 2. The average molecular weight is 397 g/mol. The number of nitrogens with one attached hydrogen (secondary N) is 1. The molecule has 1 aliphatic heterocycles. The summed E-state index contributed by atoms with van der Waals surface area (Å²) in [7, 11) is 1.37. The summed E-state index contributed by atoms with van der Waals surface area (Å²) in [4.78, 5) is 30.3. The number of aryl methyl sites for hydroxylation is 1. The van der Waals surface area contributed by atoms with Gasteiger partial charge in [-0.2, -0.15) is 0 Å². The van der Waals surface area contributed by atoms with E-state index in [2.05, 4.69) is 10.3 Å². The van der Waals surface area contributed by atoms with Gasteiger partial charge in [-0.15, -0.1) is 0 Å². The number of nitrogens with zero attached hydrogens (tertiary/aromatic N) is 2. The van der Waals surface area contributed by atoms with E-state index in [9.17, 15) is 9.59 Å². The molecule has 1 aromatic carbocycles. The minimum atomic E-state index is -0.517. The molecule has 7 heteroatoms. The third kappa shape index (κ3) is 5.04. The Morgan fingerprint density at radius 2 is 1.93 bits per heavy atom. The van der Waals surface area contributed by atoms with E-state index in [4.69, 9.17) is 9.47 Å². The van der Waals surface area contributed by atoms with Gasteiger partial charge in [-0.05, 0) is 75.1 Å². The van der Waals surface area contributed by atoms with Crippen molar-refractivity contribution in [2.24, 2.45) is 0 Å². The Hall–Kier alpha value is -3.09. The molecule has 0 atom stereocenters. The molecule has 0 saturated carbocycles. The molecule has 2 aromatic rings. The smallest absolute Gasteiger partial charge is 0.410 e. The summed E-state index contributed by atoms with van der Waals surface area (Å²) < 4.78 is 10.3. The molecule has 1 amide bonds. The van der Waals surface area contributed by atoms with Gasteiger partial charge in [-0.25, -0.2) is 14.6 Å². The van der Waals surface area contributed by atoms with E-state index >= 15 is 0 Å². The predicted molar refractivity (Wildman–Crippen MR) is 110 cm³/mol. The maximum Gasteiger partial charge on any atom is 0.410 e. The van der Waals surface area contributed by atoms with Gasteiger partial charge in [0.2, 0.25) is 0 Å². The molecule has 154 valence electrons. The van der Waals surface area contributed by atoms with Gasteiger partial charge in [0.25, 0.3) is 0 Å². The lowest BCUT2D eigenvalue weighted by molar-refractivity contribution is 0.0223. The largest absolute Gasteiger partial charge is 0.465 e. The second kappa shape index (κ2) is 8.11. The highest BCUT2D eigenvalue weighted by molar-refractivity contribution is 5.91. The topological polar surface area (TPSA) is 80.8 Å². The van der Waals surface area contributed by atoms with Crippen molar-refractivity contribution in [1.82, 2.24) is 9.88 Å². The lowest BCUT2D eigenvalue weighted by atomic mass is 10.0. The first kappa shape index (κ1) is 20.6. The van der Waals surface area contributed by atoms with Crippen LogP contribution in [0.2, 0.25) is 0 Å². The quantitative estimate of drug-likeness (QED) is 0.782. The van der Waals surface area contributed by atoms with Crippen LogP contribution in [-0.2, 0) is 22.4 Å². The Labute approximate surface area is 171 Å². The number of fused-ring (bicyclic) bond motifs is 1. The molecular formula is C22H27N3O4. The Balaban J connectivity index is 1.74. The maximum absolute atomic E-state index is 12.4. The van der Waals surface area contributed by atoms with Crippen LogP contribution < -0.4 is 5.32 Å². The van der Waals surface area contributed by atoms with Gasteiger partial charge < -0.3 is 19.7 Å². The fourth-order valence-electron chi connectivity index (χ4n) is 3.22. The molecule has 1 N–H and O–H groups in total. The van der Waals surface area contributed by atoms with E-state index < -0.39 is 5.60 Å². The Morgan fingerprint density at radius 1 is 1.17 bits per heavy atom. The van der Waals surface area contributed by atoms with Crippen molar-refractivity contribution in [1.29, 1.82) is 0 Å². The van der Waals surface area contributed by atoms with Gasteiger partial charge >= 0.3 is 12.1 Å². The van der Waals surface area contributed by atoms with E-state index in [1.165, 1.54) is 7.11 Å². The van der Waals surface area contributed by atoms with Crippen molar-refractivity contribution in [3.63, 3.8) is 0 Å². The van der Waals surface area contributed by atoms with E-state index in [1.54, 1.807) is 11.0 Å². The number of methoxy groups -OCH3 is 1. The monoisotopic (exact) mass is 397 g/mol. The number of esters is 1. The SMILES string of the molecule is COC(=O)c1ccc(Nc2cc3c(cn2)CCN(C(=O)OC(C)(C)C)C3)cc1C. The van der Waals surface area contributed by atoms with Gasteiger partial charge in [0.05, 0.1) is 12.7 Å².